The number of rotatable bonds is 4. The summed E-state index contributed by atoms with van der Waals surface area (Å²) in [5.74, 6) is -1.49. The zero-order valence-electron chi connectivity index (χ0n) is 13.6. The van der Waals surface area contributed by atoms with Gasteiger partial charge in [0.15, 0.2) is 0 Å². The predicted molar refractivity (Wildman–Crippen MR) is 92.2 cm³/mol. The van der Waals surface area contributed by atoms with Crippen molar-refractivity contribution in [2.24, 2.45) is 5.73 Å². The Hall–Kier alpha value is -1.87. The van der Waals surface area contributed by atoms with Crippen molar-refractivity contribution < 1.29 is 9.18 Å². The lowest BCUT2D eigenvalue weighted by Crippen LogP contribution is -2.23. The average molecular weight is 334 g/mol. The van der Waals surface area contributed by atoms with E-state index in [9.17, 15) is 9.18 Å². The SMILES string of the molecule is CC(C)(C)c1ccc(CC(C(N)=O)c2ccc(F)c(Cl)c2)cc1. The monoisotopic (exact) mass is 333 g/mol. The maximum Gasteiger partial charge on any atom is 0.225 e. The summed E-state index contributed by atoms with van der Waals surface area (Å²) in [6.07, 6.45) is 0.460. The standard InChI is InChI=1S/C19H21ClFNO/c1-19(2,3)14-7-4-12(5-8-14)10-15(18(22)23)13-6-9-17(21)16(20)11-13/h4-9,11,15H,10H2,1-3H3,(H2,22,23). The van der Waals surface area contributed by atoms with Crippen LogP contribution in [0.4, 0.5) is 4.39 Å². The Morgan fingerprint density at radius 3 is 2.26 bits per heavy atom. The van der Waals surface area contributed by atoms with Crippen LogP contribution >= 0.6 is 11.6 Å². The molecule has 2 aromatic carbocycles. The van der Waals surface area contributed by atoms with E-state index in [1.54, 1.807) is 6.07 Å². The molecule has 0 radical (unpaired) electrons. The number of benzene rings is 2. The minimum absolute atomic E-state index is 0.00293. The van der Waals surface area contributed by atoms with Crippen LogP contribution in [0.1, 0.15) is 43.4 Å². The van der Waals surface area contributed by atoms with Crippen LogP contribution in [0.5, 0.6) is 0 Å². The lowest BCUT2D eigenvalue weighted by molar-refractivity contribution is -0.119. The van der Waals surface area contributed by atoms with E-state index in [0.717, 1.165) is 5.56 Å². The van der Waals surface area contributed by atoms with Crippen LogP contribution in [0, 0.1) is 5.82 Å². The second-order valence-corrected chi connectivity index (χ2v) is 7.19. The highest BCUT2D eigenvalue weighted by atomic mass is 35.5. The lowest BCUT2D eigenvalue weighted by atomic mass is 9.85. The number of hydrogen-bond acceptors (Lipinski definition) is 1. The molecule has 0 aliphatic carbocycles. The molecule has 2 aromatic rings. The first kappa shape index (κ1) is 17.5. The number of hydrogen-bond donors (Lipinski definition) is 1. The first-order valence-corrected chi connectivity index (χ1v) is 7.90. The molecule has 1 unspecified atom stereocenters. The summed E-state index contributed by atoms with van der Waals surface area (Å²) in [4.78, 5) is 11.8. The van der Waals surface area contributed by atoms with Gasteiger partial charge in [0.2, 0.25) is 5.91 Å². The molecule has 122 valence electrons. The average Bonchev–Trinajstić information content (AvgIpc) is 2.47. The van der Waals surface area contributed by atoms with Crippen molar-refractivity contribution in [3.05, 3.63) is 70.0 Å². The quantitative estimate of drug-likeness (QED) is 0.873. The summed E-state index contributed by atoms with van der Waals surface area (Å²) < 4.78 is 13.3. The molecule has 1 amide bonds. The molecule has 0 saturated heterocycles. The van der Waals surface area contributed by atoms with Crippen molar-refractivity contribution in [3.63, 3.8) is 0 Å². The number of carbonyl (C=O) groups excluding carboxylic acids is 1. The Morgan fingerprint density at radius 1 is 1.17 bits per heavy atom. The highest BCUT2D eigenvalue weighted by Crippen LogP contribution is 2.27. The van der Waals surface area contributed by atoms with Crippen molar-refractivity contribution in [1.29, 1.82) is 0 Å². The molecule has 0 aliphatic rings. The van der Waals surface area contributed by atoms with Crippen molar-refractivity contribution in [2.45, 2.75) is 38.5 Å². The molecule has 23 heavy (non-hydrogen) atoms. The van der Waals surface area contributed by atoms with Gasteiger partial charge < -0.3 is 5.73 Å². The maximum atomic E-state index is 13.3. The fourth-order valence-electron chi connectivity index (χ4n) is 2.49. The van der Waals surface area contributed by atoms with Crippen LogP contribution in [-0.2, 0) is 16.6 Å². The van der Waals surface area contributed by atoms with E-state index in [1.165, 1.54) is 17.7 Å². The van der Waals surface area contributed by atoms with E-state index < -0.39 is 17.6 Å². The smallest absolute Gasteiger partial charge is 0.225 e. The largest absolute Gasteiger partial charge is 0.369 e. The van der Waals surface area contributed by atoms with E-state index in [4.69, 9.17) is 17.3 Å². The van der Waals surface area contributed by atoms with Crippen molar-refractivity contribution in [3.8, 4) is 0 Å². The molecule has 0 bridgehead atoms. The highest BCUT2D eigenvalue weighted by molar-refractivity contribution is 6.30. The molecule has 2 N–H and O–H groups in total. The van der Waals surface area contributed by atoms with Gasteiger partial charge in [-0.25, -0.2) is 4.39 Å². The Balaban J connectivity index is 2.26. The third kappa shape index (κ3) is 4.32. The number of carbonyl (C=O) groups is 1. The second kappa shape index (κ2) is 6.71. The van der Waals surface area contributed by atoms with Gasteiger partial charge in [-0.2, -0.15) is 0 Å². The zero-order valence-corrected chi connectivity index (χ0v) is 14.3. The molecule has 0 fully saturated rings. The molecule has 2 nitrogen and oxygen atoms in total. The number of halogens is 2. The van der Waals surface area contributed by atoms with Crippen molar-refractivity contribution >= 4 is 17.5 Å². The Morgan fingerprint density at radius 2 is 1.78 bits per heavy atom. The number of primary amides is 1. The van der Waals surface area contributed by atoms with Gasteiger partial charge in [0, 0.05) is 0 Å². The summed E-state index contributed by atoms with van der Waals surface area (Å²) in [5.41, 5.74) is 8.46. The van der Waals surface area contributed by atoms with E-state index in [-0.39, 0.29) is 10.4 Å². The van der Waals surface area contributed by atoms with Gasteiger partial charge in [-0.05, 0) is 40.7 Å². The summed E-state index contributed by atoms with van der Waals surface area (Å²) >= 11 is 5.81. The third-order valence-corrected chi connectivity index (χ3v) is 4.24. The van der Waals surface area contributed by atoms with Gasteiger partial charge >= 0.3 is 0 Å². The normalized spacial score (nSPS) is 12.9. The van der Waals surface area contributed by atoms with E-state index in [2.05, 4.69) is 32.9 Å². The maximum absolute atomic E-state index is 13.3. The molecular formula is C19H21ClFNO. The van der Waals surface area contributed by atoms with Crippen molar-refractivity contribution in [1.82, 2.24) is 0 Å². The van der Waals surface area contributed by atoms with Crippen molar-refractivity contribution in [2.75, 3.05) is 0 Å². The third-order valence-electron chi connectivity index (χ3n) is 3.95. The molecule has 0 aliphatic heterocycles. The van der Waals surface area contributed by atoms with Crippen LogP contribution in [-0.4, -0.2) is 5.91 Å². The van der Waals surface area contributed by atoms with Crippen LogP contribution in [0.2, 0.25) is 5.02 Å². The fraction of sp³-hybridized carbons (Fsp3) is 0.316. The molecule has 0 heterocycles. The number of amides is 1. The Bertz CT molecular complexity index is 704. The summed E-state index contributed by atoms with van der Waals surface area (Å²) in [6, 6.07) is 12.4. The Labute approximate surface area is 141 Å². The van der Waals surface area contributed by atoms with Crippen LogP contribution in [0.25, 0.3) is 0 Å². The summed E-state index contributed by atoms with van der Waals surface area (Å²) in [7, 11) is 0. The highest BCUT2D eigenvalue weighted by Gasteiger charge is 2.20. The molecular weight excluding hydrogens is 313 g/mol. The zero-order chi connectivity index (χ0) is 17.2. The van der Waals surface area contributed by atoms with Gasteiger partial charge in [0.1, 0.15) is 5.82 Å². The molecule has 1 atom stereocenters. The van der Waals surface area contributed by atoms with Gasteiger partial charge in [-0.3, -0.25) is 4.79 Å². The van der Waals surface area contributed by atoms with Crippen LogP contribution in [0.15, 0.2) is 42.5 Å². The van der Waals surface area contributed by atoms with Crippen LogP contribution < -0.4 is 5.73 Å². The van der Waals surface area contributed by atoms with E-state index in [1.807, 2.05) is 12.1 Å². The lowest BCUT2D eigenvalue weighted by Gasteiger charge is -2.20. The summed E-state index contributed by atoms with van der Waals surface area (Å²) in [6.45, 7) is 6.44. The van der Waals surface area contributed by atoms with Gasteiger partial charge in [-0.1, -0.05) is 62.7 Å². The van der Waals surface area contributed by atoms with Gasteiger partial charge in [0.25, 0.3) is 0 Å². The minimum Gasteiger partial charge on any atom is -0.369 e. The molecule has 0 saturated carbocycles. The molecule has 2 rings (SSSR count). The minimum atomic E-state index is -0.534. The topological polar surface area (TPSA) is 43.1 Å². The predicted octanol–water partition coefficient (Wildman–Crippen LogP) is 4.59. The second-order valence-electron chi connectivity index (χ2n) is 6.78. The van der Waals surface area contributed by atoms with Gasteiger partial charge in [0.05, 0.1) is 10.9 Å². The van der Waals surface area contributed by atoms with E-state index in [0.29, 0.717) is 12.0 Å². The fourth-order valence-corrected chi connectivity index (χ4v) is 2.68. The molecule has 0 spiro atoms. The first-order valence-electron chi connectivity index (χ1n) is 7.52. The number of nitrogens with two attached hydrogens (primary N) is 1. The Kier molecular flexibility index (Phi) is 5.10. The molecule has 4 heteroatoms. The van der Waals surface area contributed by atoms with Crippen LogP contribution in [0.3, 0.4) is 0 Å². The van der Waals surface area contributed by atoms with E-state index >= 15 is 0 Å². The van der Waals surface area contributed by atoms with Gasteiger partial charge in [-0.15, -0.1) is 0 Å². The molecule has 0 aromatic heterocycles. The first-order chi connectivity index (χ1) is 10.7. The summed E-state index contributed by atoms with van der Waals surface area (Å²) in [5, 5.41) is -0.00293.